The zero-order valence-corrected chi connectivity index (χ0v) is 25.4. The van der Waals surface area contributed by atoms with Crippen LogP contribution in [0.3, 0.4) is 0 Å². The Bertz CT molecular complexity index is 1460. The van der Waals surface area contributed by atoms with Gasteiger partial charge in [-0.3, -0.25) is 4.79 Å². The molecule has 9 heteroatoms. The third-order valence-electron chi connectivity index (χ3n) is 9.72. The van der Waals surface area contributed by atoms with Gasteiger partial charge in [-0.15, -0.1) is 0 Å². The summed E-state index contributed by atoms with van der Waals surface area (Å²) < 4.78 is 28.1. The van der Waals surface area contributed by atoms with Gasteiger partial charge in [0.05, 0.1) is 21.8 Å². The fourth-order valence-electron chi connectivity index (χ4n) is 7.46. The molecule has 1 aromatic heterocycles. The number of piperidine rings is 1. The van der Waals surface area contributed by atoms with Gasteiger partial charge in [0.25, 0.3) is 5.91 Å². The van der Waals surface area contributed by atoms with Gasteiger partial charge in [-0.2, -0.15) is 4.31 Å². The molecular formula is C33H41N5O3S. The molecule has 0 aliphatic carbocycles. The molecule has 0 radical (unpaired) electrons. The first kappa shape index (κ1) is 29.0. The molecule has 222 valence electrons. The second-order valence-corrected chi connectivity index (χ2v) is 14.2. The van der Waals surface area contributed by atoms with E-state index in [4.69, 9.17) is 0 Å². The molecule has 8 nitrogen and oxygen atoms in total. The fourth-order valence-corrected chi connectivity index (χ4v) is 8.95. The highest BCUT2D eigenvalue weighted by Gasteiger charge is 2.42. The van der Waals surface area contributed by atoms with Gasteiger partial charge in [0.15, 0.2) is 0 Å². The summed E-state index contributed by atoms with van der Waals surface area (Å²) in [5.74, 6) is 1.91. The number of rotatable bonds is 8. The first-order valence-corrected chi connectivity index (χ1v) is 16.6. The Kier molecular flexibility index (Phi) is 8.43. The molecule has 0 spiro atoms. The van der Waals surface area contributed by atoms with Gasteiger partial charge in [-0.1, -0.05) is 48.5 Å². The van der Waals surface area contributed by atoms with Crippen LogP contribution in [0.4, 0.5) is 0 Å². The zero-order chi connectivity index (χ0) is 29.3. The molecule has 2 aromatic carbocycles. The van der Waals surface area contributed by atoms with Crippen LogP contribution in [0.5, 0.6) is 0 Å². The number of hydrogen-bond acceptors (Lipinski definition) is 6. The standard InChI is InChI=1S/C33H41N5O3S/c1-24-32(25(2)35-23-34-24)33(39)37-21-28-19-36(20-29(28)22-37)16-15-31(26-9-5-3-6-10-26)27-13-17-38(18-14-27)42(40,41)30-11-7-4-8-12-30/h3-12,23,27-29,31H,13-22H2,1-2H3/t28-,29+,31?. The Balaban J connectivity index is 1.06. The summed E-state index contributed by atoms with van der Waals surface area (Å²) in [6, 6.07) is 19.6. The van der Waals surface area contributed by atoms with Crippen molar-refractivity contribution in [2.24, 2.45) is 17.8 Å². The van der Waals surface area contributed by atoms with Gasteiger partial charge in [0, 0.05) is 39.3 Å². The average Bonchev–Trinajstić information content (AvgIpc) is 3.58. The molecule has 3 atom stereocenters. The van der Waals surface area contributed by atoms with Crippen LogP contribution >= 0.6 is 0 Å². The Morgan fingerprint density at radius 2 is 1.43 bits per heavy atom. The molecule has 4 heterocycles. The highest BCUT2D eigenvalue weighted by Crippen LogP contribution is 2.38. The first-order chi connectivity index (χ1) is 20.3. The molecule has 1 unspecified atom stereocenters. The summed E-state index contributed by atoms with van der Waals surface area (Å²) in [5.41, 5.74) is 3.51. The van der Waals surface area contributed by atoms with Crippen LogP contribution < -0.4 is 0 Å². The molecule has 0 saturated carbocycles. The molecule has 1 amide bonds. The van der Waals surface area contributed by atoms with Crippen molar-refractivity contribution in [3.63, 3.8) is 0 Å². The second kappa shape index (κ2) is 12.2. The summed E-state index contributed by atoms with van der Waals surface area (Å²) in [6.07, 6.45) is 4.32. The van der Waals surface area contributed by atoms with E-state index < -0.39 is 10.0 Å². The molecule has 3 saturated heterocycles. The van der Waals surface area contributed by atoms with E-state index in [1.54, 1.807) is 28.6 Å². The van der Waals surface area contributed by atoms with Gasteiger partial charge < -0.3 is 9.80 Å². The van der Waals surface area contributed by atoms with Gasteiger partial charge in [0.1, 0.15) is 6.33 Å². The van der Waals surface area contributed by atoms with Crippen LogP contribution in [0.2, 0.25) is 0 Å². The minimum Gasteiger partial charge on any atom is -0.338 e. The summed E-state index contributed by atoms with van der Waals surface area (Å²) in [5, 5.41) is 0. The fraction of sp³-hybridized carbons (Fsp3) is 0.485. The molecule has 3 aromatic rings. The number of aryl methyl sites for hydroxylation is 2. The number of nitrogens with zero attached hydrogens (tertiary/aromatic N) is 5. The van der Waals surface area contributed by atoms with Crippen LogP contribution in [-0.2, 0) is 10.0 Å². The lowest BCUT2D eigenvalue weighted by Gasteiger charge is -2.36. The van der Waals surface area contributed by atoms with Crippen molar-refractivity contribution in [2.45, 2.75) is 43.9 Å². The third-order valence-corrected chi connectivity index (χ3v) is 11.6. The van der Waals surface area contributed by atoms with Crippen molar-refractivity contribution in [3.8, 4) is 0 Å². The Labute approximate surface area is 249 Å². The largest absolute Gasteiger partial charge is 0.338 e. The molecule has 0 N–H and O–H groups in total. The van der Waals surface area contributed by atoms with Gasteiger partial charge >= 0.3 is 0 Å². The summed E-state index contributed by atoms with van der Waals surface area (Å²) in [6.45, 7) is 9.55. The van der Waals surface area contributed by atoms with E-state index in [0.29, 0.717) is 47.2 Å². The van der Waals surface area contributed by atoms with E-state index >= 15 is 0 Å². The maximum Gasteiger partial charge on any atom is 0.257 e. The van der Waals surface area contributed by atoms with E-state index in [0.717, 1.165) is 63.4 Å². The highest BCUT2D eigenvalue weighted by atomic mass is 32.2. The quantitative estimate of drug-likeness (QED) is 0.389. The number of carbonyl (C=O) groups excluding carboxylic acids is 1. The minimum absolute atomic E-state index is 0.0660. The van der Waals surface area contributed by atoms with E-state index in [1.165, 1.54) is 11.9 Å². The van der Waals surface area contributed by atoms with E-state index in [-0.39, 0.29) is 5.91 Å². The molecule has 6 rings (SSSR count). The number of amides is 1. The van der Waals surface area contributed by atoms with Crippen LogP contribution in [0, 0.1) is 31.6 Å². The third kappa shape index (κ3) is 5.87. The van der Waals surface area contributed by atoms with Crippen molar-refractivity contribution in [3.05, 3.63) is 89.5 Å². The lowest BCUT2D eigenvalue weighted by molar-refractivity contribution is 0.0771. The smallest absolute Gasteiger partial charge is 0.257 e. The van der Waals surface area contributed by atoms with Crippen LogP contribution in [0.25, 0.3) is 0 Å². The summed E-state index contributed by atoms with van der Waals surface area (Å²) in [4.78, 5) is 26.8. The minimum atomic E-state index is -3.45. The van der Waals surface area contributed by atoms with Gasteiger partial charge in [0.2, 0.25) is 10.0 Å². The molecular weight excluding hydrogens is 546 g/mol. The lowest BCUT2D eigenvalue weighted by Crippen LogP contribution is -2.40. The van der Waals surface area contributed by atoms with Crippen molar-refractivity contribution in [1.29, 1.82) is 0 Å². The number of fused-ring (bicyclic) bond motifs is 1. The highest BCUT2D eigenvalue weighted by molar-refractivity contribution is 7.89. The van der Waals surface area contributed by atoms with Crippen LogP contribution in [0.1, 0.15) is 52.5 Å². The summed E-state index contributed by atoms with van der Waals surface area (Å²) in [7, 11) is -3.45. The molecule has 3 fully saturated rings. The van der Waals surface area contributed by atoms with Crippen molar-refractivity contribution >= 4 is 15.9 Å². The van der Waals surface area contributed by atoms with E-state index in [9.17, 15) is 13.2 Å². The predicted octanol–water partition coefficient (Wildman–Crippen LogP) is 4.37. The lowest BCUT2D eigenvalue weighted by atomic mass is 9.78. The maximum atomic E-state index is 13.3. The zero-order valence-electron chi connectivity index (χ0n) is 24.6. The molecule has 3 aliphatic rings. The van der Waals surface area contributed by atoms with Gasteiger partial charge in [-0.25, -0.2) is 18.4 Å². The Hall–Kier alpha value is -3.14. The van der Waals surface area contributed by atoms with Crippen molar-refractivity contribution in [2.75, 3.05) is 45.8 Å². The van der Waals surface area contributed by atoms with E-state index in [2.05, 4.69) is 45.2 Å². The first-order valence-electron chi connectivity index (χ1n) is 15.2. The maximum absolute atomic E-state index is 13.3. The topological polar surface area (TPSA) is 86.7 Å². The number of likely N-dealkylation sites (tertiary alicyclic amines) is 2. The Morgan fingerprint density at radius 1 is 0.857 bits per heavy atom. The predicted molar refractivity (Wildman–Crippen MR) is 163 cm³/mol. The molecule has 42 heavy (non-hydrogen) atoms. The summed E-state index contributed by atoms with van der Waals surface area (Å²) >= 11 is 0. The molecule has 0 bridgehead atoms. The average molecular weight is 588 g/mol. The normalized spacial score (nSPS) is 22.8. The Morgan fingerprint density at radius 3 is 2.02 bits per heavy atom. The SMILES string of the molecule is Cc1ncnc(C)c1C(=O)N1C[C@H]2CN(CCC(c3ccccc3)C3CCN(S(=O)(=O)c4ccccc4)CC3)C[C@H]2C1. The van der Waals surface area contributed by atoms with Crippen LogP contribution in [-0.4, -0.2) is 84.2 Å². The molecule has 3 aliphatic heterocycles. The number of hydrogen-bond donors (Lipinski definition) is 0. The number of benzene rings is 2. The van der Waals surface area contributed by atoms with E-state index in [1.807, 2.05) is 24.8 Å². The van der Waals surface area contributed by atoms with Crippen molar-refractivity contribution < 1.29 is 13.2 Å². The number of sulfonamides is 1. The monoisotopic (exact) mass is 587 g/mol. The van der Waals surface area contributed by atoms with Gasteiger partial charge in [-0.05, 0) is 81.0 Å². The number of aromatic nitrogens is 2. The number of carbonyl (C=O) groups is 1. The van der Waals surface area contributed by atoms with Crippen molar-refractivity contribution in [1.82, 2.24) is 24.1 Å². The second-order valence-electron chi connectivity index (χ2n) is 12.3. The van der Waals surface area contributed by atoms with Crippen LogP contribution in [0.15, 0.2) is 71.9 Å².